The van der Waals surface area contributed by atoms with Gasteiger partial charge in [-0.3, -0.25) is 9.59 Å². The van der Waals surface area contributed by atoms with Gasteiger partial charge in [0.15, 0.2) is 0 Å². The van der Waals surface area contributed by atoms with Crippen LogP contribution in [0, 0.1) is 0 Å². The van der Waals surface area contributed by atoms with Crippen molar-refractivity contribution in [2.45, 2.75) is 296 Å². The number of carbonyl (C=O) groups is 2. The molecule has 0 radical (unpaired) electrons. The van der Waals surface area contributed by atoms with Gasteiger partial charge < -0.3 is 9.47 Å². The summed E-state index contributed by atoms with van der Waals surface area (Å²) in [4.78, 5) is 24.0. The predicted octanol–water partition coefficient (Wildman–Crippen LogP) is 17.3. The maximum atomic E-state index is 12.0. The van der Waals surface area contributed by atoms with E-state index in [9.17, 15) is 9.59 Å². The van der Waals surface area contributed by atoms with Crippen LogP contribution in [-0.2, 0) is 19.1 Å². The average Bonchev–Trinajstić information content (AvgIpc) is 3.18. The maximum absolute atomic E-state index is 12.0. The lowest BCUT2D eigenvalue weighted by Gasteiger charge is -2.07. The molecule has 0 atom stereocenters. The number of carbonyl (C=O) groups excluding carboxylic acids is 2. The van der Waals surface area contributed by atoms with E-state index in [1.807, 2.05) is 0 Å². The van der Waals surface area contributed by atoms with Crippen molar-refractivity contribution in [3.8, 4) is 0 Å². The minimum absolute atomic E-state index is 0.136. The van der Waals surface area contributed by atoms with Crippen LogP contribution in [-0.4, -0.2) is 25.2 Å². The van der Waals surface area contributed by atoms with Gasteiger partial charge in [-0.1, -0.05) is 271 Å². The van der Waals surface area contributed by atoms with Gasteiger partial charge >= 0.3 is 11.9 Å². The zero-order valence-electron chi connectivity index (χ0n) is 37.2. The van der Waals surface area contributed by atoms with Crippen LogP contribution in [0.4, 0.5) is 0 Å². The fourth-order valence-electron chi connectivity index (χ4n) is 7.79. The molecule has 4 heteroatoms. The van der Waals surface area contributed by atoms with Crippen molar-refractivity contribution >= 4 is 11.9 Å². The Labute approximate surface area is 339 Å². The molecule has 0 aliphatic heterocycles. The van der Waals surface area contributed by atoms with Crippen LogP contribution >= 0.6 is 0 Å². The van der Waals surface area contributed by atoms with Crippen molar-refractivity contribution in [1.29, 1.82) is 0 Å². The third kappa shape index (κ3) is 47.1. The van der Waals surface area contributed by atoms with Crippen LogP contribution in [0.5, 0.6) is 0 Å². The van der Waals surface area contributed by atoms with Crippen molar-refractivity contribution in [3.63, 3.8) is 0 Å². The Morgan fingerprint density at radius 2 is 0.389 bits per heavy atom. The molecule has 0 bridgehead atoms. The Balaban J connectivity index is 3.24. The molecule has 0 aromatic rings. The van der Waals surface area contributed by atoms with Crippen molar-refractivity contribution in [3.05, 3.63) is 0 Å². The summed E-state index contributed by atoms with van der Waals surface area (Å²) in [6.07, 6.45) is 57.7. The van der Waals surface area contributed by atoms with Gasteiger partial charge in [0, 0.05) is 0 Å². The summed E-state index contributed by atoms with van der Waals surface area (Å²) in [7, 11) is 0. The van der Waals surface area contributed by atoms with Gasteiger partial charge in [0.05, 0.1) is 26.1 Å². The molecule has 0 amide bonds. The first kappa shape index (κ1) is 52.9. The average molecular weight is 763 g/mol. The highest BCUT2D eigenvalue weighted by atomic mass is 16.5. The summed E-state index contributed by atoms with van der Waals surface area (Å²) >= 11 is 0. The second-order valence-electron chi connectivity index (χ2n) is 17.1. The van der Waals surface area contributed by atoms with Gasteiger partial charge in [-0.2, -0.15) is 0 Å². The van der Waals surface area contributed by atoms with E-state index in [0.717, 1.165) is 25.7 Å². The fraction of sp³-hybridized carbons (Fsp3) is 0.960. The summed E-state index contributed by atoms with van der Waals surface area (Å²) in [6.45, 7) is 5.54. The predicted molar refractivity (Wildman–Crippen MR) is 236 cm³/mol. The third-order valence-corrected chi connectivity index (χ3v) is 11.6. The van der Waals surface area contributed by atoms with E-state index in [-0.39, 0.29) is 24.8 Å². The molecule has 0 aromatic carbocycles. The summed E-state index contributed by atoms with van der Waals surface area (Å²) in [5.41, 5.74) is 0. The normalized spacial score (nSPS) is 11.4. The number of esters is 2. The van der Waals surface area contributed by atoms with Crippen LogP contribution in [0.2, 0.25) is 0 Å². The van der Waals surface area contributed by atoms with E-state index >= 15 is 0 Å². The van der Waals surface area contributed by atoms with Gasteiger partial charge in [-0.15, -0.1) is 0 Å². The first-order valence-electron chi connectivity index (χ1n) is 25.0. The lowest BCUT2D eigenvalue weighted by molar-refractivity contribution is -0.150. The van der Waals surface area contributed by atoms with E-state index in [1.165, 1.54) is 244 Å². The summed E-state index contributed by atoms with van der Waals surface area (Å²) < 4.78 is 10.7. The topological polar surface area (TPSA) is 52.6 Å². The molecule has 0 unspecified atom stereocenters. The second-order valence-corrected chi connectivity index (χ2v) is 17.1. The minimum Gasteiger partial charge on any atom is -0.466 e. The maximum Gasteiger partial charge on any atom is 0.306 e. The Kier molecular flexibility index (Phi) is 47.1. The first-order chi connectivity index (χ1) is 26.7. The van der Waals surface area contributed by atoms with Crippen molar-refractivity contribution in [2.75, 3.05) is 13.2 Å². The molecule has 0 N–H and O–H groups in total. The lowest BCUT2D eigenvalue weighted by atomic mass is 10.0. The molecule has 0 saturated heterocycles. The van der Waals surface area contributed by atoms with E-state index in [2.05, 4.69) is 13.8 Å². The molecule has 0 fully saturated rings. The van der Waals surface area contributed by atoms with Crippen LogP contribution in [0.1, 0.15) is 296 Å². The molecule has 0 saturated carbocycles. The Hall–Kier alpha value is -1.06. The smallest absolute Gasteiger partial charge is 0.306 e. The molecule has 4 nitrogen and oxygen atoms in total. The minimum atomic E-state index is -0.269. The molecule has 0 aliphatic carbocycles. The largest absolute Gasteiger partial charge is 0.466 e. The van der Waals surface area contributed by atoms with E-state index in [4.69, 9.17) is 9.47 Å². The van der Waals surface area contributed by atoms with Crippen LogP contribution in [0.25, 0.3) is 0 Å². The first-order valence-corrected chi connectivity index (χ1v) is 25.0. The summed E-state index contributed by atoms with van der Waals surface area (Å²) in [6, 6.07) is 0. The highest BCUT2D eigenvalue weighted by Crippen LogP contribution is 2.17. The summed E-state index contributed by atoms with van der Waals surface area (Å²) in [5, 5.41) is 0. The van der Waals surface area contributed by atoms with Gasteiger partial charge in [0.2, 0.25) is 0 Å². The molecule has 54 heavy (non-hydrogen) atoms. The zero-order chi connectivity index (χ0) is 39.1. The third-order valence-electron chi connectivity index (χ3n) is 11.6. The number of hydrogen-bond donors (Lipinski definition) is 0. The highest BCUT2D eigenvalue weighted by molar-refractivity contribution is 5.77. The Bertz CT molecular complexity index is 661. The van der Waals surface area contributed by atoms with E-state index < -0.39 is 0 Å². The molecule has 0 rings (SSSR count). The summed E-state index contributed by atoms with van der Waals surface area (Å²) in [5.74, 6) is -0.539. The molecular weight excluding hydrogens is 665 g/mol. The molecule has 0 spiro atoms. The van der Waals surface area contributed by atoms with E-state index in [1.54, 1.807) is 0 Å². The SMILES string of the molecule is CCCCCCCCCCCCCCCCCCCCCCCOC(=O)CCC(=O)OCCCCCCCCCCCCCCCCCCCCCCC. The van der Waals surface area contributed by atoms with Gasteiger partial charge in [0.25, 0.3) is 0 Å². The molecule has 0 aliphatic rings. The molecule has 0 heterocycles. The van der Waals surface area contributed by atoms with Gasteiger partial charge in [-0.05, 0) is 12.8 Å². The van der Waals surface area contributed by atoms with E-state index in [0.29, 0.717) is 13.2 Å². The second kappa shape index (κ2) is 48.1. The monoisotopic (exact) mass is 763 g/mol. The lowest BCUT2D eigenvalue weighted by Crippen LogP contribution is -2.11. The standard InChI is InChI=1S/C50H98O4/c1-3-5-7-9-11-13-15-17-19-21-23-25-27-29-31-33-35-37-39-41-43-47-53-49(51)45-46-50(52)54-48-44-42-40-38-36-34-32-30-28-26-24-22-20-18-16-14-12-10-8-6-4-2/h3-48H2,1-2H3. The molecular formula is C50H98O4. The molecule has 322 valence electrons. The quantitative estimate of drug-likeness (QED) is 0.0458. The van der Waals surface area contributed by atoms with Crippen LogP contribution in [0.15, 0.2) is 0 Å². The Morgan fingerprint density at radius 1 is 0.241 bits per heavy atom. The number of unbranched alkanes of at least 4 members (excludes halogenated alkanes) is 40. The number of rotatable bonds is 47. The van der Waals surface area contributed by atoms with Crippen molar-refractivity contribution in [2.24, 2.45) is 0 Å². The zero-order valence-corrected chi connectivity index (χ0v) is 37.2. The van der Waals surface area contributed by atoms with Crippen LogP contribution < -0.4 is 0 Å². The highest BCUT2D eigenvalue weighted by Gasteiger charge is 2.09. The number of ether oxygens (including phenoxy) is 2. The van der Waals surface area contributed by atoms with Gasteiger partial charge in [-0.25, -0.2) is 0 Å². The Morgan fingerprint density at radius 3 is 0.556 bits per heavy atom. The van der Waals surface area contributed by atoms with Crippen molar-refractivity contribution < 1.29 is 19.1 Å². The fourth-order valence-corrected chi connectivity index (χ4v) is 7.79. The van der Waals surface area contributed by atoms with Crippen LogP contribution in [0.3, 0.4) is 0 Å². The molecule has 0 aromatic heterocycles. The number of hydrogen-bond acceptors (Lipinski definition) is 4. The van der Waals surface area contributed by atoms with Crippen molar-refractivity contribution in [1.82, 2.24) is 0 Å². The van der Waals surface area contributed by atoms with Gasteiger partial charge in [0.1, 0.15) is 0 Å².